The Morgan fingerprint density at radius 1 is 1.45 bits per heavy atom. The van der Waals surface area contributed by atoms with Crippen molar-refractivity contribution in [2.45, 2.75) is 26.2 Å². The molecule has 0 saturated carbocycles. The molecule has 1 aromatic heterocycles. The first-order chi connectivity index (χ1) is 9.63. The Morgan fingerprint density at radius 3 is 3.05 bits per heavy atom. The molecule has 1 N–H and O–H groups in total. The third-order valence-corrected chi connectivity index (χ3v) is 4.89. The third kappa shape index (κ3) is 2.72. The van der Waals surface area contributed by atoms with E-state index in [9.17, 15) is 4.79 Å². The van der Waals surface area contributed by atoms with Gasteiger partial charge in [-0.2, -0.15) is 0 Å². The summed E-state index contributed by atoms with van der Waals surface area (Å²) in [4.78, 5) is 18.0. The van der Waals surface area contributed by atoms with Gasteiger partial charge in [0.1, 0.15) is 0 Å². The molecule has 1 amide bonds. The number of carbonyl (C=O) groups is 1. The molecule has 3 rings (SSSR count). The lowest BCUT2D eigenvalue weighted by atomic mass is 9.93. The Morgan fingerprint density at radius 2 is 2.25 bits per heavy atom. The average Bonchev–Trinajstić information content (AvgIpc) is 2.80. The van der Waals surface area contributed by atoms with Gasteiger partial charge in [-0.05, 0) is 37.3 Å². The van der Waals surface area contributed by atoms with Crippen LogP contribution in [0.15, 0.2) is 24.3 Å². The second-order valence-electron chi connectivity index (χ2n) is 5.17. The second kappa shape index (κ2) is 5.54. The van der Waals surface area contributed by atoms with E-state index in [0.717, 1.165) is 18.5 Å². The van der Waals surface area contributed by atoms with E-state index in [2.05, 4.69) is 17.2 Å². The van der Waals surface area contributed by atoms with Gasteiger partial charge in [0, 0.05) is 4.88 Å². The quantitative estimate of drug-likeness (QED) is 0.904. The predicted octanol–water partition coefficient (Wildman–Crippen LogP) is 4.17. The minimum Gasteiger partial charge on any atom is -0.298 e. The SMILES string of the molecule is C[C@@H]1CCc2nc(NC(=O)c3ccccc3Cl)sc2C1. The zero-order valence-corrected chi connectivity index (χ0v) is 12.7. The number of hydrogen-bond acceptors (Lipinski definition) is 3. The van der Waals surface area contributed by atoms with Crippen LogP contribution < -0.4 is 5.32 Å². The highest BCUT2D eigenvalue weighted by Crippen LogP contribution is 2.32. The summed E-state index contributed by atoms with van der Waals surface area (Å²) in [7, 11) is 0. The van der Waals surface area contributed by atoms with E-state index in [1.54, 1.807) is 29.5 Å². The van der Waals surface area contributed by atoms with Gasteiger partial charge in [0.05, 0.1) is 16.3 Å². The number of anilines is 1. The first-order valence-corrected chi connectivity index (χ1v) is 7.87. The van der Waals surface area contributed by atoms with Gasteiger partial charge in [0.25, 0.3) is 5.91 Å². The molecule has 5 heteroatoms. The van der Waals surface area contributed by atoms with E-state index in [0.29, 0.717) is 21.6 Å². The van der Waals surface area contributed by atoms with Crippen LogP contribution >= 0.6 is 22.9 Å². The first-order valence-electron chi connectivity index (χ1n) is 6.68. The molecule has 20 heavy (non-hydrogen) atoms. The van der Waals surface area contributed by atoms with Crippen molar-refractivity contribution in [3.63, 3.8) is 0 Å². The van der Waals surface area contributed by atoms with Crippen LogP contribution in [0.2, 0.25) is 5.02 Å². The lowest BCUT2D eigenvalue weighted by Gasteiger charge is -2.15. The van der Waals surface area contributed by atoms with Crippen molar-refractivity contribution in [3.8, 4) is 0 Å². The fourth-order valence-electron chi connectivity index (χ4n) is 2.40. The Bertz CT molecular complexity index is 653. The van der Waals surface area contributed by atoms with Gasteiger partial charge in [0.2, 0.25) is 0 Å². The molecule has 0 bridgehead atoms. The third-order valence-electron chi connectivity index (χ3n) is 3.52. The van der Waals surface area contributed by atoms with E-state index in [-0.39, 0.29) is 5.91 Å². The lowest BCUT2D eigenvalue weighted by molar-refractivity contribution is 0.102. The number of hydrogen-bond donors (Lipinski definition) is 1. The van der Waals surface area contributed by atoms with Gasteiger partial charge < -0.3 is 0 Å². The normalized spacial score (nSPS) is 17.6. The van der Waals surface area contributed by atoms with Crippen LogP contribution in [-0.2, 0) is 12.8 Å². The van der Waals surface area contributed by atoms with E-state index >= 15 is 0 Å². The smallest absolute Gasteiger partial charge is 0.258 e. The van der Waals surface area contributed by atoms with Crippen molar-refractivity contribution in [2.24, 2.45) is 5.92 Å². The van der Waals surface area contributed by atoms with E-state index < -0.39 is 0 Å². The molecule has 1 atom stereocenters. The number of fused-ring (bicyclic) bond motifs is 1. The maximum Gasteiger partial charge on any atom is 0.258 e. The first kappa shape index (κ1) is 13.6. The van der Waals surface area contributed by atoms with Crippen LogP contribution in [0.1, 0.15) is 34.3 Å². The van der Waals surface area contributed by atoms with E-state index in [4.69, 9.17) is 11.6 Å². The number of nitrogens with zero attached hydrogens (tertiary/aromatic N) is 1. The van der Waals surface area contributed by atoms with Crippen LogP contribution in [0.4, 0.5) is 5.13 Å². The molecule has 0 aliphatic heterocycles. The average molecular weight is 307 g/mol. The summed E-state index contributed by atoms with van der Waals surface area (Å²) in [5, 5.41) is 3.99. The Labute approximate surface area is 127 Å². The molecule has 2 aromatic rings. The largest absolute Gasteiger partial charge is 0.298 e. The predicted molar refractivity (Wildman–Crippen MR) is 82.7 cm³/mol. The Balaban J connectivity index is 1.79. The number of nitrogens with one attached hydrogen (secondary N) is 1. The summed E-state index contributed by atoms with van der Waals surface area (Å²) < 4.78 is 0. The fourth-order valence-corrected chi connectivity index (χ4v) is 3.79. The molecule has 104 valence electrons. The highest BCUT2D eigenvalue weighted by Gasteiger charge is 2.21. The summed E-state index contributed by atoms with van der Waals surface area (Å²) in [6, 6.07) is 7.04. The van der Waals surface area contributed by atoms with Gasteiger partial charge in [-0.25, -0.2) is 4.98 Å². The summed E-state index contributed by atoms with van der Waals surface area (Å²) in [5.74, 6) is 0.504. The molecule has 0 saturated heterocycles. The summed E-state index contributed by atoms with van der Waals surface area (Å²) in [5.41, 5.74) is 1.62. The standard InChI is InChI=1S/C15H15ClN2OS/c1-9-6-7-12-13(8-9)20-15(17-12)18-14(19)10-4-2-3-5-11(10)16/h2-5,9H,6-8H2,1H3,(H,17,18,19)/t9-/m1/s1. The maximum absolute atomic E-state index is 12.2. The van der Waals surface area contributed by atoms with Crippen LogP contribution in [0.25, 0.3) is 0 Å². The topological polar surface area (TPSA) is 42.0 Å². The number of amides is 1. The van der Waals surface area contributed by atoms with Crippen molar-refractivity contribution in [2.75, 3.05) is 5.32 Å². The molecule has 1 aliphatic rings. The molecular weight excluding hydrogens is 292 g/mol. The monoisotopic (exact) mass is 306 g/mol. The van der Waals surface area contributed by atoms with E-state index in [1.807, 2.05) is 6.07 Å². The number of carbonyl (C=O) groups excluding carboxylic acids is 1. The van der Waals surface area contributed by atoms with Crippen molar-refractivity contribution in [3.05, 3.63) is 45.4 Å². The van der Waals surface area contributed by atoms with Crippen molar-refractivity contribution < 1.29 is 4.79 Å². The second-order valence-corrected chi connectivity index (χ2v) is 6.66. The van der Waals surface area contributed by atoms with Crippen LogP contribution in [0.3, 0.4) is 0 Å². The summed E-state index contributed by atoms with van der Waals surface area (Å²) in [6.07, 6.45) is 3.25. The highest BCUT2D eigenvalue weighted by atomic mass is 35.5. The van der Waals surface area contributed by atoms with Gasteiger partial charge in [-0.15, -0.1) is 11.3 Å². The van der Waals surface area contributed by atoms with Crippen molar-refractivity contribution >= 4 is 34.0 Å². The molecule has 0 spiro atoms. The fraction of sp³-hybridized carbons (Fsp3) is 0.333. The maximum atomic E-state index is 12.2. The zero-order chi connectivity index (χ0) is 14.1. The molecule has 0 unspecified atom stereocenters. The van der Waals surface area contributed by atoms with Gasteiger partial charge in [-0.3, -0.25) is 10.1 Å². The number of thiazole rings is 1. The molecule has 0 radical (unpaired) electrons. The summed E-state index contributed by atoms with van der Waals surface area (Å²) in [6.45, 7) is 2.25. The minimum absolute atomic E-state index is 0.199. The molecular formula is C15H15ClN2OS. The lowest BCUT2D eigenvalue weighted by Crippen LogP contribution is -2.12. The Kier molecular flexibility index (Phi) is 3.76. The highest BCUT2D eigenvalue weighted by molar-refractivity contribution is 7.15. The number of halogens is 1. The summed E-state index contributed by atoms with van der Waals surface area (Å²) >= 11 is 7.61. The number of benzene rings is 1. The number of aromatic nitrogens is 1. The molecule has 1 aromatic carbocycles. The van der Waals surface area contributed by atoms with Crippen LogP contribution in [0, 0.1) is 5.92 Å². The molecule has 0 fully saturated rings. The molecule has 3 nitrogen and oxygen atoms in total. The number of aryl methyl sites for hydroxylation is 1. The van der Waals surface area contributed by atoms with Crippen molar-refractivity contribution in [1.29, 1.82) is 0 Å². The Hall–Kier alpha value is -1.39. The van der Waals surface area contributed by atoms with Crippen LogP contribution in [-0.4, -0.2) is 10.9 Å². The van der Waals surface area contributed by atoms with Crippen molar-refractivity contribution in [1.82, 2.24) is 4.98 Å². The van der Waals surface area contributed by atoms with Gasteiger partial charge in [0.15, 0.2) is 5.13 Å². The van der Waals surface area contributed by atoms with Crippen LogP contribution in [0.5, 0.6) is 0 Å². The number of rotatable bonds is 2. The van der Waals surface area contributed by atoms with E-state index in [1.165, 1.54) is 11.3 Å². The zero-order valence-electron chi connectivity index (χ0n) is 11.1. The molecule has 1 heterocycles. The minimum atomic E-state index is -0.199. The van der Waals surface area contributed by atoms with Gasteiger partial charge >= 0.3 is 0 Å². The molecule has 1 aliphatic carbocycles. The van der Waals surface area contributed by atoms with Gasteiger partial charge in [-0.1, -0.05) is 30.7 Å².